The van der Waals surface area contributed by atoms with E-state index in [-0.39, 0.29) is 5.91 Å². The number of benzene rings is 2. The van der Waals surface area contributed by atoms with Crippen LogP contribution in [0.15, 0.2) is 48.5 Å². The number of carbonyl (C=O) groups excluding carboxylic acids is 2. The number of hydrogen-bond acceptors (Lipinski definition) is 4. The molecule has 0 bridgehead atoms. The highest BCUT2D eigenvalue weighted by Crippen LogP contribution is 2.25. The lowest BCUT2D eigenvalue weighted by Gasteiger charge is -2.20. The van der Waals surface area contributed by atoms with E-state index in [9.17, 15) is 9.59 Å². The van der Waals surface area contributed by atoms with E-state index in [4.69, 9.17) is 9.47 Å². The van der Waals surface area contributed by atoms with Gasteiger partial charge in [-0.2, -0.15) is 0 Å². The van der Waals surface area contributed by atoms with Gasteiger partial charge in [0.1, 0.15) is 5.75 Å². The van der Waals surface area contributed by atoms with Crippen LogP contribution in [-0.2, 0) is 4.74 Å². The van der Waals surface area contributed by atoms with Crippen molar-refractivity contribution in [3.8, 4) is 5.75 Å². The molecule has 0 radical (unpaired) electrons. The largest absolute Gasteiger partial charge is 0.496 e. The van der Waals surface area contributed by atoms with Crippen LogP contribution < -0.4 is 9.64 Å². The van der Waals surface area contributed by atoms with Crippen molar-refractivity contribution >= 4 is 17.6 Å². The van der Waals surface area contributed by atoms with Crippen molar-refractivity contribution in [2.75, 3.05) is 26.2 Å². The number of nitrogens with zero attached hydrogens (tertiary/aromatic N) is 1. The molecule has 0 N–H and O–H groups in total. The molecule has 0 aliphatic rings. The molecule has 22 heavy (non-hydrogen) atoms. The Morgan fingerprint density at radius 3 is 2.14 bits per heavy atom. The summed E-state index contributed by atoms with van der Waals surface area (Å²) in [6, 6.07) is 13.7. The number of carbonyl (C=O) groups is 2. The molecule has 0 saturated heterocycles. The van der Waals surface area contributed by atoms with Gasteiger partial charge < -0.3 is 14.4 Å². The molecule has 2 rings (SSSR count). The van der Waals surface area contributed by atoms with Crippen LogP contribution in [0.5, 0.6) is 5.75 Å². The van der Waals surface area contributed by atoms with E-state index in [1.807, 2.05) is 0 Å². The second-order valence-electron chi connectivity index (χ2n) is 4.57. The van der Waals surface area contributed by atoms with E-state index in [0.29, 0.717) is 22.6 Å². The summed E-state index contributed by atoms with van der Waals surface area (Å²) in [5, 5.41) is 0. The molecule has 2 aromatic rings. The first-order valence-electron chi connectivity index (χ1n) is 6.68. The van der Waals surface area contributed by atoms with Crippen LogP contribution in [0.3, 0.4) is 0 Å². The highest BCUT2D eigenvalue weighted by molar-refractivity contribution is 6.10. The first-order chi connectivity index (χ1) is 10.6. The number of esters is 1. The lowest BCUT2D eigenvalue weighted by atomic mass is 10.1. The van der Waals surface area contributed by atoms with Gasteiger partial charge in [0, 0.05) is 7.05 Å². The number of methoxy groups -OCH3 is 2. The number of para-hydroxylation sites is 2. The summed E-state index contributed by atoms with van der Waals surface area (Å²) in [5.74, 6) is -0.279. The maximum Gasteiger partial charge on any atom is 0.339 e. The van der Waals surface area contributed by atoms with Gasteiger partial charge in [-0.1, -0.05) is 24.3 Å². The van der Waals surface area contributed by atoms with E-state index >= 15 is 0 Å². The maximum absolute atomic E-state index is 12.7. The van der Waals surface area contributed by atoms with Crippen LogP contribution >= 0.6 is 0 Å². The zero-order valence-corrected chi connectivity index (χ0v) is 12.7. The summed E-state index contributed by atoms with van der Waals surface area (Å²) in [6.07, 6.45) is 0. The summed E-state index contributed by atoms with van der Waals surface area (Å²) >= 11 is 0. The fourth-order valence-corrected chi connectivity index (χ4v) is 2.16. The topological polar surface area (TPSA) is 55.8 Å². The molecule has 2 aromatic carbocycles. The molecule has 1 amide bonds. The smallest absolute Gasteiger partial charge is 0.339 e. The van der Waals surface area contributed by atoms with Gasteiger partial charge in [0.25, 0.3) is 5.91 Å². The molecular formula is C17H17NO4. The predicted molar refractivity (Wildman–Crippen MR) is 83.5 cm³/mol. The van der Waals surface area contributed by atoms with E-state index < -0.39 is 5.97 Å². The van der Waals surface area contributed by atoms with E-state index in [1.54, 1.807) is 55.6 Å². The molecule has 0 heterocycles. The molecule has 0 saturated carbocycles. The Bertz CT molecular complexity index is 697. The Balaban J connectivity index is 2.42. The van der Waals surface area contributed by atoms with Crippen LogP contribution in [0, 0.1) is 0 Å². The average molecular weight is 299 g/mol. The lowest BCUT2D eigenvalue weighted by Crippen LogP contribution is -2.28. The van der Waals surface area contributed by atoms with Gasteiger partial charge in [-0.3, -0.25) is 4.79 Å². The van der Waals surface area contributed by atoms with E-state index in [0.717, 1.165) is 0 Å². The third-order valence-electron chi connectivity index (χ3n) is 3.31. The lowest BCUT2D eigenvalue weighted by molar-refractivity contribution is 0.0601. The zero-order chi connectivity index (χ0) is 16.1. The van der Waals surface area contributed by atoms with Gasteiger partial charge in [0.15, 0.2) is 0 Å². The van der Waals surface area contributed by atoms with E-state index in [2.05, 4.69) is 0 Å². The molecule has 114 valence electrons. The number of ether oxygens (including phenoxy) is 2. The highest BCUT2D eigenvalue weighted by Gasteiger charge is 2.21. The highest BCUT2D eigenvalue weighted by atomic mass is 16.5. The van der Waals surface area contributed by atoms with Crippen LogP contribution in [0.2, 0.25) is 0 Å². The van der Waals surface area contributed by atoms with Crippen molar-refractivity contribution in [1.82, 2.24) is 0 Å². The number of anilines is 1. The van der Waals surface area contributed by atoms with Crippen LogP contribution in [0.25, 0.3) is 0 Å². The molecular weight excluding hydrogens is 282 g/mol. The first-order valence-corrected chi connectivity index (χ1v) is 6.68. The third-order valence-corrected chi connectivity index (χ3v) is 3.31. The summed E-state index contributed by atoms with van der Waals surface area (Å²) in [5.41, 5.74) is 1.23. The number of amides is 1. The summed E-state index contributed by atoms with van der Waals surface area (Å²) < 4.78 is 9.97. The Hall–Kier alpha value is -2.82. The molecule has 5 nitrogen and oxygen atoms in total. The van der Waals surface area contributed by atoms with Gasteiger partial charge in [0.2, 0.25) is 0 Å². The van der Waals surface area contributed by atoms with Crippen molar-refractivity contribution in [1.29, 1.82) is 0 Å². The molecule has 0 spiro atoms. The molecule has 5 heteroatoms. The second kappa shape index (κ2) is 6.76. The molecule has 0 aliphatic heterocycles. The predicted octanol–water partition coefficient (Wildman–Crippen LogP) is 2.76. The first kappa shape index (κ1) is 15.6. The monoisotopic (exact) mass is 299 g/mol. The van der Waals surface area contributed by atoms with Crippen LogP contribution in [-0.4, -0.2) is 33.1 Å². The second-order valence-corrected chi connectivity index (χ2v) is 4.57. The zero-order valence-electron chi connectivity index (χ0n) is 12.7. The third kappa shape index (κ3) is 2.93. The Morgan fingerprint density at radius 2 is 1.50 bits per heavy atom. The minimum Gasteiger partial charge on any atom is -0.496 e. The van der Waals surface area contributed by atoms with Gasteiger partial charge in [-0.25, -0.2) is 4.79 Å². The molecule has 0 unspecified atom stereocenters. The summed E-state index contributed by atoms with van der Waals surface area (Å²) in [4.78, 5) is 25.9. The summed E-state index contributed by atoms with van der Waals surface area (Å²) in [6.45, 7) is 0. The Labute approximate surface area is 129 Å². The molecule has 0 atom stereocenters. The van der Waals surface area contributed by atoms with Gasteiger partial charge in [-0.15, -0.1) is 0 Å². The quantitative estimate of drug-likeness (QED) is 0.815. The van der Waals surface area contributed by atoms with Gasteiger partial charge in [0.05, 0.1) is 31.0 Å². The average Bonchev–Trinajstić information content (AvgIpc) is 2.59. The normalized spacial score (nSPS) is 9.95. The number of rotatable bonds is 4. The maximum atomic E-state index is 12.7. The number of hydrogen-bond donors (Lipinski definition) is 0. The Morgan fingerprint density at radius 1 is 0.909 bits per heavy atom. The van der Waals surface area contributed by atoms with Crippen LogP contribution in [0.4, 0.5) is 5.69 Å². The fourth-order valence-electron chi connectivity index (χ4n) is 2.16. The fraction of sp³-hybridized carbons (Fsp3) is 0.176. The molecule has 0 fully saturated rings. The van der Waals surface area contributed by atoms with Crippen LogP contribution in [0.1, 0.15) is 20.7 Å². The van der Waals surface area contributed by atoms with Gasteiger partial charge >= 0.3 is 5.97 Å². The van der Waals surface area contributed by atoms with Gasteiger partial charge in [-0.05, 0) is 24.3 Å². The Kier molecular flexibility index (Phi) is 4.78. The molecule has 0 aliphatic carbocycles. The van der Waals surface area contributed by atoms with E-state index in [1.165, 1.54) is 19.1 Å². The minimum absolute atomic E-state index is 0.270. The molecule has 0 aromatic heterocycles. The summed E-state index contributed by atoms with van der Waals surface area (Å²) in [7, 11) is 4.42. The van der Waals surface area contributed by atoms with Crippen molar-refractivity contribution in [2.24, 2.45) is 0 Å². The van der Waals surface area contributed by atoms with Crippen molar-refractivity contribution < 1.29 is 19.1 Å². The van der Waals surface area contributed by atoms with Crippen molar-refractivity contribution in [3.63, 3.8) is 0 Å². The SMILES string of the molecule is COC(=O)c1ccccc1N(C)C(=O)c1ccccc1OC. The minimum atomic E-state index is -0.490. The standard InChI is InChI=1S/C17H17NO4/c1-18(14-10-6-4-8-12(14)17(20)22-3)16(19)13-9-5-7-11-15(13)21-2/h4-11H,1-3H3. The van der Waals surface area contributed by atoms with Crippen molar-refractivity contribution in [2.45, 2.75) is 0 Å². The van der Waals surface area contributed by atoms with Crippen molar-refractivity contribution in [3.05, 3.63) is 59.7 Å².